The molecule has 6 rings (SSSR count). The molecule has 0 saturated carbocycles. The third-order valence-electron chi connectivity index (χ3n) is 7.45. The Balaban J connectivity index is 1.21. The molecule has 5 heterocycles. The summed E-state index contributed by atoms with van der Waals surface area (Å²) in [4.78, 5) is 58.2. The van der Waals surface area contributed by atoms with Gasteiger partial charge >= 0.3 is 11.9 Å². The SMILES string of the molecule is CC(C)(C)OC(=O)[C@H]1O[C@@H]2OC(C)(C)O[C@@H]2[C@@H]1OC(=O)[C@H]1O[C@@H]2OC(C)(C)O[C@@H]2[C@@H]1CON1C(=O)c2ccccc2C1=O. The Hall–Kier alpha value is -2.98. The van der Waals surface area contributed by atoms with Gasteiger partial charge in [-0.3, -0.25) is 14.4 Å². The average molecular weight is 606 g/mol. The van der Waals surface area contributed by atoms with Crippen molar-refractivity contribution in [2.75, 3.05) is 6.61 Å². The number of hydroxylamine groups is 2. The summed E-state index contributed by atoms with van der Waals surface area (Å²) in [6.45, 7) is 11.5. The van der Waals surface area contributed by atoms with E-state index in [0.717, 1.165) is 0 Å². The molecule has 0 aromatic heterocycles. The first kappa shape index (κ1) is 30.1. The van der Waals surface area contributed by atoms with Gasteiger partial charge in [0, 0.05) is 0 Å². The van der Waals surface area contributed by atoms with Gasteiger partial charge in [-0.25, -0.2) is 9.59 Å². The number of amides is 2. The van der Waals surface area contributed by atoms with Gasteiger partial charge in [-0.15, -0.1) is 5.06 Å². The highest BCUT2D eigenvalue weighted by molar-refractivity contribution is 6.20. The number of fused-ring (bicyclic) bond motifs is 3. The molecule has 0 unspecified atom stereocenters. The number of nitrogens with zero attached hydrogens (tertiary/aromatic N) is 1. The van der Waals surface area contributed by atoms with E-state index in [9.17, 15) is 19.2 Å². The Kier molecular flexibility index (Phi) is 7.20. The van der Waals surface area contributed by atoms with Gasteiger partial charge in [0.25, 0.3) is 11.8 Å². The summed E-state index contributed by atoms with van der Waals surface area (Å²) in [6.07, 6.45) is -7.60. The zero-order chi connectivity index (χ0) is 31.1. The minimum Gasteiger partial charge on any atom is -0.458 e. The van der Waals surface area contributed by atoms with Crippen LogP contribution < -0.4 is 0 Å². The number of carbonyl (C=O) groups is 4. The van der Waals surface area contributed by atoms with Crippen molar-refractivity contribution in [2.24, 2.45) is 5.92 Å². The first-order chi connectivity index (χ1) is 20.0. The van der Waals surface area contributed by atoms with Gasteiger partial charge in [0.15, 0.2) is 48.6 Å². The van der Waals surface area contributed by atoms with Crippen molar-refractivity contribution in [1.29, 1.82) is 0 Å². The Morgan fingerprint density at radius 1 is 0.814 bits per heavy atom. The number of hydrogen-bond acceptors (Lipinski definition) is 13. The largest absolute Gasteiger partial charge is 0.458 e. The van der Waals surface area contributed by atoms with Crippen LogP contribution in [0, 0.1) is 5.92 Å². The molecule has 5 aliphatic rings. The lowest BCUT2D eigenvalue weighted by molar-refractivity contribution is -0.234. The molecule has 0 spiro atoms. The van der Waals surface area contributed by atoms with Gasteiger partial charge in [-0.1, -0.05) is 12.1 Å². The molecule has 2 amide bonds. The summed E-state index contributed by atoms with van der Waals surface area (Å²) in [5, 5.41) is 0.654. The van der Waals surface area contributed by atoms with Crippen LogP contribution in [0.2, 0.25) is 0 Å². The maximum atomic E-state index is 13.7. The van der Waals surface area contributed by atoms with Gasteiger partial charge in [0.1, 0.15) is 11.7 Å². The van der Waals surface area contributed by atoms with E-state index in [0.29, 0.717) is 5.06 Å². The van der Waals surface area contributed by atoms with Gasteiger partial charge in [0.05, 0.1) is 23.7 Å². The quantitative estimate of drug-likeness (QED) is 0.342. The number of benzene rings is 1. The van der Waals surface area contributed by atoms with Crippen molar-refractivity contribution in [3.8, 4) is 0 Å². The van der Waals surface area contributed by atoms with Crippen molar-refractivity contribution < 1.29 is 61.9 Å². The fourth-order valence-corrected chi connectivity index (χ4v) is 5.79. The first-order valence-electron chi connectivity index (χ1n) is 14.1. The van der Waals surface area contributed by atoms with Gasteiger partial charge in [-0.05, 0) is 60.6 Å². The molecule has 8 atom stereocenters. The van der Waals surface area contributed by atoms with Crippen LogP contribution >= 0.6 is 0 Å². The number of rotatable bonds is 6. The number of hydrogen-bond donors (Lipinski definition) is 0. The highest BCUT2D eigenvalue weighted by Crippen LogP contribution is 2.43. The summed E-state index contributed by atoms with van der Waals surface area (Å²) in [6, 6.07) is 6.34. The molecule has 0 aliphatic carbocycles. The van der Waals surface area contributed by atoms with Crippen LogP contribution in [0.4, 0.5) is 0 Å². The molecular formula is C29H35NO13. The van der Waals surface area contributed by atoms with Crippen molar-refractivity contribution >= 4 is 23.8 Å². The van der Waals surface area contributed by atoms with Crippen molar-refractivity contribution in [3.05, 3.63) is 35.4 Å². The van der Waals surface area contributed by atoms with Crippen LogP contribution in [0.5, 0.6) is 0 Å². The highest BCUT2D eigenvalue weighted by atomic mass is 16.9. The smallest absolute Gasteiger partial charge is 0.339 e. The molecule has 43 heavy (non-hydrogen) atoms. The van der Waals surface area contributed by atoms with Gasteiger partial charge < -0.3 is 37.9 Å². The Bertz CT molecular complexity index is 1300. The minimum absolute atomic E-state index is 0.205. The van der Waals surface area contributed by atoms with Crippen LogP contribution in [0.1, 0.15) is 69.2 Å². The minimum atomic E-state index is -1.34. The van der Waals surface area contributed by atoms with E-state index in [4.69, 9.17) is 42.7 Å². The van der Waals surface area contributed by atoms with Crippen molar-refractivity contribution in [1.82, 2.24) is 5.06 Å². The fourth-order valence-electron chi connectivity index (χ4n) is 5.79. The van der Waals surface area contributed by atoms with E-state index in [2.05, 4.69) is 0 Å². The second kappa shape index (κ2) is 10.3. The molecule has 5 aliphatic heterocycles. The standard InChI is InChI=1S/C29H35NO13/c1-27(2,3)41-24(34)19-18(20-26(38-19)43-29(6,7)40-20)36-23(33)16-15(17-25(37-16)42-28(4,5)39-17)12-35-30-21(31)13-10-8-9-11-14(13)22(30)32/h8-11,15-20,25-26H,12H2,1-7H3/t15-,16+,17-,18-,19+,20-,25-,26-/m1/s1. The molecule has 14 heteroatoms. The van der Waals surface area contributed by atoms with E-state index in [1.807, 2.05) is 0 Å². The summed E-state index contributed by atoms with van der Waals surface area (Å²) >= 11 is 0. The van der Waals surface area contributed by atoms with E-state index < -0.39 is 89.9 Å². The van der Waals surface area contributed by atoms with Gasteiger partial charge in [-0.2, -0.15) is 0 Å². The average Bonchev–Trinajstić information content (AvgIpc) is 3.62. The van der Waals surface area contributed by atoms with E-state index >= 15 is 0 Å². The van der Waals surface area contributed by atoms with E-state index in [1.165, 1.54) is 12.1 Å². The van der Waals surface area contributed by atoms with E-state index in [1.54, 1.807) is 60.6 Å². The number of carbonyl (C=O) groups excluding carboxylic acids is 4. The predicted octanol–water partition coefficient (Wildman–Crippen LogP) is 1.84. The predicted molar refractivity (Wildman–Crippen MR) is 140 cm³/mol. The molecule has 4 saturated heterocycles. The Morgan fingerprint density at radius 3 is 1.93 bits per heavy atom. The zero-order valence-electron chi connectivity index (χ0n) is 24.9. The Morgan fingerprint density at radius 2 is 1.35 bits per heavy atom. The van der Waals surface area contributed by atoms with E-state index in [-0.39, 0.29) is 17.7 Å². The van der Waals surface area contributed by atoms with Crippen LogP contribution in [0.3, 0.4) is 0 Å². The molecule has 1 aromatic carbocycles. The zero-order valence-corrected chi connectivity index (χ0v) is 24.9. The first-order valence-corrected chi connectivity index (χ1v) is 14.1. The molecule has 0 bridgehead atoms. The maximum absolute atomic E-state index is 13.7. The molecule has 0 N–H and O–H groups in total. The van der Waals surface area contributed by atoms with Gasteiger partial charge in [0.2, 0.25) is 0 Å². The topological polar surface area (TPSA) is 155 Å². The lowest BCUT2D eigenvalue weighted by atomic mass is 9.99. The monoisotopic (exact) mass is 605 g/mol. The summed E-state index contributed by atoms with van der Waals surface area (Å²) in [5.74, 6) is -5.87. The molecule has 14 nitrogen and oxygen atoms in total. The summed E-state index contributed by atoms with van der Waals surface area (Å²) < 4.78 is 46.6. The van der Waals surface area contributed by atoms with Crippen LogP contribution in [-0.4, -0.2) is 95.7 Å². The third kappa shape index (κ3) is 5.57. The number of esters is 2. The third-order valence-corrected chi connectivity index (χ3v) is 7.45. The second-order valence-corrected chi connectivity index (χ2v) is 12.9. The second-order valence-electron chi connectivity index (χ2n) is 12.9. The lowest BCUT2D eigenvalue weighted by Crippen LogP contribution is -2.47. The molecule has 234 valence electrons. The number of ether oxygens (including phenoxy) is 8. The highest BCUT2D eigenvalue weighted by Gasteiger charge is 2.62. The Labute approximate surface area is 247 Å². The summed E-state index contributed by atoms with van der Waals surface area (Å²) in [5.41, 5.74) is -0.430. The molecule has 0 radical (unpaired) electrons. The normalized spacial score (nSPS) is 35.6. The van der Waals surface area contributed by atoms with Crippen molar-refractivity contribution in [3.63, 3.8) is 0 Å². The lowest BCUT2D eigenvalue weighted by Gasteiger charge is -2.29. The van der Waals surface area contributed by atoms with Crippen LogP contribution in [-0.2, 0) is 52.3 Å². The van der Waals surface area contributed by atoms with Crippen LogP contribution in [0.25, 0.3) is 0 Å². The fraction of sp³-hybridized carbons (Fsp3) is 0.655. The van der Waals surface area contributed by atoms with Crippen LogP contribution in [0.15, 0.2) is 24.3 Å². The maximum Gasteiger partial charge on any atom is 0.339 e. The molecule has 1 aromatic rings. The number of imide groups is 1. The molecule has 4 fully saturated rings. The molecular weight excluding hydrogens is 570 g/mol. The van der Waals surface area contributed by atoms with Crippen molar-refractivity contribution in [2.45, 2.75) is 109 Å². The summed E-state index contributed by atoms with van der Waals surface area (Å²) in [7, 11) is 0.